The smallest absolute Gasteiger partial charge is 0.183 e. The third-order valence-corrected chi connectivity index (χ3v) is 5.17. The molecule has 0 aliphatic heterocycles. The summed E-state index contributed by atoms with van der Waals surface area (Å²) in [4.78, 5) is 6.05. The number of thiophene rings is 1. The van der Waals surface area contributed by atoms with Crippen molar-refractivity contribution in [3.8, 4) is 11.3 Å². The molecule has 0 saturated carbocycles. The van der Waals surface area contributed by atoms with Crippen LogP contribution in [0.2, 0.25) is 0 Å². The van der Waals surface area contributed by atoms with Crippen LogP contribution in [0.3, 0.4) is 0 Å². The van der Waals surface area contributed by atoms with Crippen LogP contribution in [-0.2, 0) is 6.54 Å². The average Bonchev–Trinajstić information content (AvgIpc) is 3.06. The van der Waals surface area contributed by atoms with Gasteiger partial charge in [-0.05, 0) is 25.0 Å². The summed E-state index contributed by atoms with van der Waals surface area (Å²) in [6.07, 6.45) is 0. The molecule has 0 spiro atoms. The van der Waals surface area contributed by atoms with Crippen molar-refractivity contribution >= 4 is 27.8 Å². The Morgan fingerprint density at radius 2 is 1.85 bits per heavy atom. The zero-order valence-corrected chi connectivity index (χ0v) is 13.1. The third-order valence-electron chi connectivity index (χ3n) is 3.35. The van der Waals surface area contributed by atoms with Crippen LogP contribution in [0, 0.1) is 13.8 Å². The van der Waals surface area contributed by atoms with E-state index in [4.69, 9.17) is 0 Å². The second-order valence-corrected chi connectivity index (χ2v) is 6.65. The zero-order valence-electron chi connectivity index (χ0n) is 11.5. The number of hydrogen-bond donors (Lipinski definition) is 1. The molecule has 0 saturated heterocycles. The van der Waals surface area contributed by atoms with Gasteiger partial charge in [0.25, 0.3) is 0 Å². The molecule has 0 bridgehead atoms. The van der Waals surface area contributed by atoms with Gasteiger partial charge in [-0.15, -0.1) is 22.7 Å². The van der Waals surface area contributed by atoms with Crippen molar-refractivity contribution in [2.24, 2.45) is 0 Å². The van der Waals surface area contributed by atoms with E-state index in [-0.39, 0.29) is 0 Å². The number of anilines is 1. The lowest BCUT2D eigenvalue weighted by atomic mass is 10.1. The van der Waals surface area contributed by atoms with Gasteiger partial charge in [0.15, 0.2) is 5.13 Å². The predicted octanol–water partition coefficient (Wildman–Crippen LogP) is 5.10. The molecule has 2 aromatic heterocycles. The molecule has 0 fully saturated rings. The quantitative estimate of drug-likeness (QED) is 0.725. The molecule has 0 atom stereocenters. The molecular weight excluding hydrogens is 284 g/mol. The molecule has 3 aromatic rings. The predicted molar refractivity (Wildman–Crippen MR) is 88.7 cm³/mol. The molecule has 0 aliphatic carbocycles. The maximum atomic E-state index is 4.68. The minimum Gasteiger partial charge on any atom is -0.357 e. The summed E-state index contributed by atoms with van der Waals surface area (Å²) in [7, 11) is 0. The van der Waals surface area contributed by atoms with Gasteiger partial charge in [-0.1, -0.05) is 30.3 Å². The van der Waals surface area contributed by atoms with Crippen LogP contribution >= 0.6 is 22.7 Å². The van der Waals surface area contributed by atoms with Crippen molar-refractivity contribution in [1.82, 2.24) is 4.98 Å². The Labute approximate surface area is 127 Å². The van der Waals surface area contributed by atoms with Crippen molar-refractivity contribution in [2.75, 3.05) is 5.32 Å². The van der Waals surface area contributed by atoms with E-state index < -0.39 is 0 Å². The van der Waals surface area contributed by atoms with Gasteiger partial charge >= 0.3 is 0 Å². The number of benzene rings is 1. The Bertz CT molecular complexity index is 698. The monoisotopic (exact) mass is 300 g/mol. The first-order valence-corrected chi connectivity index (χ1v) is 8.28. The number of rotatable bonds is 4. The minimum absolute atomic E-state index is 0.815. The van der Waals surface area contributed by atoms with Crippen LogP contribution in [0.15, 0.2) is 41.1 Å². The maximum absolute atomic E-state index is 4.68. The van der Waals surface area contributed by atoms with Crippen LogP contribution in [0.25, 0.3) is 11.3 Å². The fraction of sp³-hybridized carbons (Fsp3) is 0.188. The molecule has 1 N–H and O–H groups in total. The second-order valence-electron chi connectivity index (χ2n) is 4.71. The summed E-state index contributed by atoms with van der Waals surface area (Å²) in [5.41, 5.74) is 4.95. The van der Waals surface area contributed by atoms with Crippen LogP contribution in [0.5, 0.6) is 0 Å². The van der Waals surface area contributed by atoms with Gasteiger partial charge in [-0.2, -0.15) is 0 Å². The zero-order chi connectivity index (χ0) is 13.9. The van der Waals surface area contributed by atoms with Crippen molar-refractivity contribution < 1.29 is 0 Å². The Morgan fingerprint density at radius 3 is 2.55 bits per heavy atom. The molecule has 0 radical (unpaired) electrons. The molecule has 0 amide bonds. The van der Waals surface area contributed by atoms with Gasteiger partial charge in [-0.25, -0.2) is 4.98 Å². The molecule has 1 aromatic carbocycles. The molecule has 20 heavy (non-hydrogen) atoms. The topological polar surface area (TPSA) is 24.9 Å². The van der Waals surface area contributed by atoms with Gasteiger partial charge in [-0.3, -0.25) is 0 Å². The normalized spacial score (nSPS) is 10.7. The maximum Gasteiger partial charge on any atom is 0.183 e. The van der Waals surface area contributed by atoms with E-state index in [0.717, 1.165) is 17.4 Å². The lowest BCUT2D eigenvalue weighted by molar-refractivity contribution is 1.13. The standard InChI is InChI=1S/C16H16N2S2/c1-11-12(2)19-9-14(11)15-10-20-16(18-15)17-8-13-6-4-3-5-7-13/h3-7,9-10H,8H2,1-2H3,(H,17,18). The molecule has 2 nitrogen and oxygen atoms in total. The van der Waals surface area contributed by atoms with Gasteiger partial charge < -0.3 is 5.32 Å². The van der Waals surface area contributed by atoms with E-state index >= 15 is 0 Å². The minimum atomic E-state index is 0.815. The fourth-order valence-corrected chi connectivity index (χ4v) is 3.61. The van der Waals surface area contributed by atoms with Crippen LogP contribution in [-0.4, -0.2) is 4.98 Å². The first kappa shape index (κ1) is 13.3. The number of nitrogens with zero attached hydrogens (tertiary/aromatic N) is 1. The van der Waals surface area contributed by atoms with Crippen LogP contribution in [0.4, 0.5) is 5.13 Å². The molecule has 4 heteroatoms. The second kappa shape index (κ2) is 5.77. The van der Waals surface area contributed by atoms with E-state index in [1.54, 1.807) is 22.7 Å². The summed E-state index contributed by atoms with van der Waals surface area (Å²) in [6.45, 7) is 5.14. The first-order valence-electron chi connectivity index (χ1n) is 6.52. The van der Waals surface area contributed by atoms with Crippen molar-refractivity contribution in [3.63, 3.8) is 0 Å². The fourth-order valence-electron chi connectivity index (χ4n) is 2.02. The van der Waals surface area contributed by atoms with Crippen LogP contribution < -0.4 is 5.32 Å². The number of hydrogen-bond acceptors (Lipinski definition) is 4. The first-order chi connectivity index (χ1) is 9.74. The lowest BCUT2D eigenvalue weighted by Crippen LogP contribution is -1.98. The summed E-state index contributed by atoms with van der Waals surface area (Å²) >= 11 is 3.45. The Hall–Kier alpha value is -1.65. The summed E-state index contributed by atoms with van der Waals surface area (Å²) in [5.74, 6) is 0. The highest BCUT2D eigenvalue weighted by atomic mass is 32.1. The molecule has 2 heterocycles. The summed E-state index contributed by atoms with van der Waals surface area (Å²) in [5, 5.41) is 8.69. The van der Waals surface area contributed by atoms with E-state index in [1.807, 2.05) is 6.07 Å². The molecule has 102 valence electrons. The Morgan fingerprint density at radius 1 is 1.05 bits per heavy atom. The van der Waals surface area contributed by atoms with Gasteiger partial charge in [0, 0.05) is 27.7 Å². The highest BCUT2D eigenvalue weighted by molar-refractivity contribution is 7.14. The SMILES string of the molecule is Cc1scc(-c2csc(NCc3ccccc3)n2)c1C. The average molecular weight is 300 g/mol. The van der Waals surface area contributed by atoms with E-state index in [2.05, 4.69) is 59.2 Å². The number of thiazole rings is 1. The van der Waals surface area contributed by atoms with E-state index in [1.165, 1.54) is 21.6 Å². The summed E-state index contributed by atoms with van der Waals surface area (Å²) < 4.78 is 0. The van der Waals surface area contributed by atoms with Crippen molar-refractivity contribution in [3.05, 3.63) is 57.1 Å². The van der Waals surface area contributed by atoms with Crippen molar-refractivity contribution in [1.29, 1.82) is 0 Å². The van der Waals surface area contributed by atoms with Crippen molar-refractivity contribution in [2.45, 2.75) is 20.4 Å². The number of aryl methyl sites for hydroxylation is 1. The molecule has 3 rings (SSSR count). The van der Waals surface area contributed by atoms with Crippen LogP contribution in [0.1, 0.15) is 16.0 Å². The van der Waals surface area contributed by atoms with E-state index in [9.17, 15) is 0 Å². The highest BCUT2D eigenvalue weighted by Gasteiger charge is 2.10. The lowest BCUT2D eigenvalue weighted by Gasteiger charge is -2.02. The Kier molecular flexibility index (Phi) is 3.85. The van der Waals surface area contributed by atoms with Gasteiger partial charge in [0.2, 0.25) is 0 Å². The number of nitrogens with one attached hydrogen (secondary N) is 1. The van der Waals surface area contributed by atoms with Gasteiger partial charge in [0.1, 0.15) is 0 Å². The van der Waals surface area contributed by atoms with Gasteiger partial charge in [0.05, 0.1) is 5.69 Å². The third kappa shape index (κ3) is 2.76. The van der Waals surface area contributed by atoms with E-state index in [0.29, 0.717) is 0 Å². The Balaban J connectivity index is 1.73. The number of aromatic nitrogens is 1. The highest BCUT2D eigenvalue weighted by Crippen LogP contribution is 2.32. The molecular formula is C16H16N2S2. The molecule has 0 aliphatic rings. The molecule has 0 unspecified atom stereocenters. The summed E-state index contributed by atoms with van der Waals surface area (Å²) in [6, 6.07) is 10.4. The largest absolute Gasteiger partial charge is 0.357 e.